The SMILES string of the molecule is CCOC(=O)Cn1c(=NC(=O)c2ccc(Cc3ccccc3)cc2)sc2cc(F)ccc21. The van der Waals surface area contributed by atoms with E-state index in [0.29, 0.717) is 20.6 Å². The fourth-order valence-electron chi connectivity index (χ4n) is 3.37. The minimum atomic E-state index is -0.448. The number of rotatable bonds is 6. The Morgan fingerprint density at radius 2 is 1.72 bits per heavy atom. The molecule has 4 aromatic rings. The van der Waals surface area contributed by atoms with Crippen molar-refractivity contribution in [3.05, 3.63) is 100 Å². The van der Waals surface area contributed by atoms with Gasteiger partial charge in [0, 0.05) is 5.56 Å². The molecule has 0 saturated heterocycles. The number of carbonyl (C=O) groups excluding carboxylic acids is 2. The van der Waals surface area contributed by atoms with Gasteiger partial charge >= 0.3 is 5.97 Å². The maximum atomic E-state index is 13.7. The molecule has 0 aliphatic rings. The lowest BCUT2D eigenvalue weighted by molar-refractivity contribution is -0.143. The van der Waals surface area contributed by atoms with Crippen LogP contribution in [0.3, 0.4) is 0 Å². The molecule has 0 atom stereocenters. The monoisotopic (exact) mass is 448 g/mol. The highest BCUT2D eigenvalue weighted by Gasteiger charge is 2.13. The van der Waals surface area contributed by atoms with Crippen molar-refractivity contribution in [2.75, 3.05) is 6.61 Å². The summed E-state index contributed by atoms with van der Waals surface area (Å²) in [5.41, 5.74) is 3.33. The number of aromatic nitrogens is 1. The number of fused-ring (bicyclic) bond motifs is 1. The molecule has 1 amide bonds. The van der Waals surface area contributed by atoms with Gasteiger partial charge in [-0.05, 0) is 54.8 Å². The smallest absolute Gasteiger partial charge is 0.326 e. The third-order valence-corrected chi connectivity index (χ3v) is 5.93. The second kappa shape index (κ2) is 9.70. The van der Waals surface area contributed by atoms with Crippen molar-refractivity contribution < 1.29 is 18.7 Å². The van der Waals surface area contributed by atoms with E-state index in [1.165, 1.54) is 17.7 Å². The van der Waals surface area contributed by atoms with Gasteiger partial charge in [-0.1, -0.05) is 53.8 Å². The molecule has 0 spiro atoms. The Morgan fingerprint density at radius 1 is 1.00 bits per heavy atom. The molecule has 4 rings (SSSR count). The number of thiazole rings is 1. The fraction of sp³-hybridized carbons (Fsp3) is 0.160. The Balaban J connectivity index is 1.64. The number of nitrogens with zero attached hydrogens (tertiary/aromatic N) is 2. The van der Waals surface area contributed by atoms with E-state index in [2.05, 4.69) is 17.1 Å². The van der Waals surface area contributed by atoms with E-state index >= 15 is 0 Å². The summed E-state index contributed by atoms with van der Waals surface area (Å²) >= 11 is 1.15. The number of hydrogen-bond donors (Lipinski definition) is 0. The van der Waals surface area contributed by atoms with Gasteiger partial charge in [0.1, 0.15) is 12.4 Å². The van der Waals surface area contributed by atoms with Gasteiger partial charge in [0.25, 0.3) is 5.91 Å². The zero-order valence-corrected chi connectivity index (χ0v) is 18.3. The molecule has 0 aliphatic heterocycles. The Bertz CT molecular complexity index is 1330. The van der Waals surface area contributed by atoms with Crippen LogP contribution in [0.25, 0.3) is 10.2 Å². The quantitative estimate of drug-likeness (QED) is 0.401. The molecule has 0 saturated carbocycles. The predicted molar refractivity (Wildman–Crippen MR) is 122 cm³/mol. The summed E-state index contributed by atoms with van der Waals surface area (Å²) in [4.78, 5) is 29.5. The van der Waals surface area contributed by atoms with Gasteiger partial charge in [-0.25, -0.2) is 4.39 Å². The van der Waals surface area contributed by atoms with Crippen LogP contribution in [0.1, 0.15) is 28.4 Å². The maximum Gasteiger partial charge on any atom is 0.326 e. The minimum absolute atomic E-state index is 0.110. The molecule has 7 heteroatoms. The normalized spacial score (nSPS) is 11.6. The van der Waals surface area contributed by atoms with E-state index < -0.39 is 17.7 Å². The summed E-state index contributed by atoms with van der Waals surface area (Å²) < 4.78 is 20.9. The van der Waals surface area contributed by atoms with Crippen LogP contribution in [-0.2, 0) is 22.5 Å². The molecule has 1 heterocycles. The summed E-state index contributed by atoms with van der Waals surface area (Å²) in [7, 11) is 0. The van der Waals surface area contributed by atoms with Crippen molar-refractivity contribution in [1.82, 2.24) is 4.57 Å². The summed E-state index contributed by atoms with van der Waals surface area (Å²) in [6.45, 7) is 1.86. The lowest BCUT2D eigenvalue weighted by Gasteiger charge is -2.05. The van der Waals surface area contributed by atoms with Crippen molar-refractivity contribution >= 4 is 33.4 Å². The van der Waals surface area contributed by atoms with Gasteiger partial charge in [-0.2, -0.15) is 4.99 Å². The average molecular weight is 449 g/mol. The van der Waals surface area contributed by atoms with Crippen LogP contribution in [0, 0.1) is 5.82 Å². The predicted octanol–water partition coefficient (Wildman–Crippen LogP) is 4.74. The molecule has 0 unspecified atom stereocenters. The fourth-order valence-corrected chi connectivity index (χ4v) is 4.42. The molecular weight excluding hydrogens is 427 g/mol. The minimum Gasteiger partial charge on any atom is -0.465 e. The van der Waals surface area contributed by atoms with Crippen molar-refractivity contribution in [3.63, 3.8) is 0 Å². The standard InChI is InChI=1S/C25H21FN2O3S/c1-2-31-23(29)16-28-21-13-12-20(26)15-22(21)32-25(28)27-24(30)19-10-8-18(9-11-19)14-17-6-4-3-5-7-17/h3-13,15H,2,14,16H2,1H3. The Morgan fingerprint density at radius 3 is 2.44 bits per heavy atom. The molecule has 0 radical (unpaired) electrons. The van der Waals surface area contributed by atoms with Gasteiger partial charge in [0.15, 0.2) is 4.80 Å². The maximum absolute atomic E-state index is 13.7. The molecule has 0 fully saturated rings. The van der Waals surface area contributed by atoms with E-state index in [-0.39, 0.29) is 13.2 Å². The highest BCUT2D eigenvalue weighted by atomic mass is 32.1. The molecule has 5 nitrogen and oxygen atoms in total. The summed E-state index contributed by atoms with van der Waals surface area (Å²) in [5.74, 6) is -1.27. The topological polar surface area (TPSA) is 60.7 Å². The van der Waals surface area contributed by atoms with Gasteiger partial charge in [-0.15, -0.1) is 0 Å². The van der Waals surface area contributed by atoms with E-state index in [4.69, 9.17) is 4.74 Å². The zero-order chi connectivity index (χ0) is 22.5. The van der Waals surface area contributed by atoms with E-state index in [1.54, 1.807) is 29.7 Å². The molecular formula is C25H21FN2O3S. The molecule has 0 N–H and O–H groups in total. The number of amides is 1. The second-order valence-electron chi connectivity index (χ2n) is 7.16. The molecule has 0 aliphatic carbocycles. The average Bonchev–Trinajstić information content (AvgIpc) is 3.10. The first-order valence-corrected chi connectivity index (χ1v) is 11.0. The number of hydrogen-bond acceptors (Lipinski definition) is 4. The Kier molecular flexibility index (Phi) is 6.56. The van der Waals surface area contributed by atoms with Crippen molar-refractivity contribution in [2.24, 2.45) is 4.99 Å². The first kappa shape index (κ1) is 21.6. The summed E-state index contributed by atoms with van der Waals surface area (Å²) in [6, 6.07) is 21.6. The second-order valence-corrected chi connectivity index (χ2v) is 8.17. The largest absolute Gasteiger partial charge is 0.465 e. The number of ether oxygens (including phenoxy) is 1. The van der Waals surface area contributed by atoms with E-state index in [0.717, 1.165) is 23.3 Å². The summed E-state index contributed by atoms with van der Waals surface area (Å²) in [6.07, 6.45) is 0.772. The molecule has 0 bridgehead atoms. The molecule has 3 aromatic carbocycles. The zero-order valence-electron chi connectivity index (χ0n) is 17.5. The lowest BCUT2D eigenvalue weighted by Crippen LogP contribution is -2.23. The third-order valence-electron chi connectivity index (χ3n) is 4.89. The van der Waals surface area contributed by atoms with E-state index in [1.807, 2.05) is 30.3 Å². The number of halogens is 1. The summed E-state index contributed by atoms with van der Waals surface area (Å²) in [5, 5.41) is 0. The van der Waals surface area contributed by atoms with E-state index in [9.17, 15) is 14.0 Å². The lowest BCUT2D eigenvalue weighted by atomic mass is 10.0. The molecule has 32 heavy (non-hydrogen) atoms. The van der Waals surface area contributed by atoms with Crippen LogP contribution < -0.4 is 4.80 Å². The van der Waals surface area contributed by atoms with Crippen LogP contribution >= 0.6 is 11.3 Å². The number of carbonyl (C=O) groups is 2. The number of benzene rings is 3. The van der Waals surface area contributed by atoms with Gasteiger partial charge in [0.2, 0.25) is 0 Å². The number of esters is 1. The highest BCUT2D eigenvalue weighted by Crippen LogP contribution is 2.19. The Labute approximate surface area is 188 Å². The first-order chi connectivity index (χ1) is 15.5. The van der Waals surface area contributed by atoms with Crippen molar-refractivity contribution in [3.8, 4) is 0 Å². The van der Waals surface area contributed by atoms with Crippen LogP contribution in [0.4, 0.5) is 4.39 Å². The third kappa shape index (κ3) is 5.00. The van der Waals surface area contributed by atoms with Crippen molar-refractivity contribution in [2.45, 2.75) is 19.9 Å². The van der Waals surface area contributed by atoms with Crippen LogP contribution in [0.2, 0.25) is 0 Å². The van der Waals surface area contributed by atoms with Crippen LogP contribution in [0.5, 0.6) is 0 Å². The van der Waals surface area contributed by atoms with Crippen LogP contribution in [-0.4, -0.2) is 23.1 Å². The molecule has 1 aromatic heterocycles. The van der Waals surface area contributed by atoms with Crippen molar-refractivity contribution in [1.29, 1.82) is 0 Å². The Hall–Kier alpha value is -3.58. The first-order valence-electron chi connectivity index (χ1n) is 10.2. The van der Waals surface area contributed by atoms with Gasteiger partial charge in [0.05, 0.1) is 16.8 Å². The highest BCUT2D eigenvalue weighted by molar-refractivity contribution is 7.16. The van der Waals surface area contributed by atoms with Gasteiger partial charge in [-0.3, -0.25) is 9.59 Å². The van der Waals surface area contributed by atoms with Crippen LogP contribution in [0.15, 0.2) is 77.8 Å². The molecule has 162 valence electrons. The van der Waals surface area contributed by atoms with Gasteiger partial charge < -0.3 is 9.30 Å².